The Hall–Kier alpha value is -2.17. The number of likely N-dealkylation sites (tertiary alicyclic amines) is 1. The van der Waals surface area contributed by atoms with Gasteiger partial charge in [-0.05, 0) is 49.2 Å². The summed E-state index contributed by atoms with van der Waals surface area (Å²) in [5, 5.41) is 2.99. The van der Waals surface area contributed by atoms with E-state index in [1.807, 2.05) is 42.5 Å². The van der Waals surface area contributed by atoms with Crippen LogP contribution in [0.5, 0.6) is 0 Å². The second-order valence-corrected chi connectivity index (χ2v) is 6.55. The summed E-state index contributed by atoms with van der Waals surface area (Å²) in [6, 6.07) is 17.7. The average Bonchev–Trinajstić information content (AvgIpc) is 2.64. The van der Waals surface area contributed by atoms with E-state index in [9.17, 15) is 4.79 Å². The third-order valence-corrected chi connectivity index (χ3v) is 4.63. The first-order valence-electron chi connectivity index (χ1n) is 8.96. The van der Waals surface area contributed by atoms with Crippen molar-refractivity contribution in [3.63, 3.8) is 0 Å². The number of nitrogens with one attached hydrogen (secondary N) is 1. The van der Waals surface area contributed by atoms with Crippen LogP contribution in [0.15, 0.2) is 54.6 Å². The van der Waals surface area contributed by atoms with Crippen LogP contribution >= 0.6 is 0 Å². The molecule has 1 N–H and O–H groups in total. The lowest BCUT2D eigenvalue weighted by Crippen LogP contribution is -2.29. The Morgan fingerprint density at radius 2 is 1.84 bits per heavy atom. The fourth-order valence-electron chi connectivity index (χ4n) is 3.35. The molecule has 2 aromatic carbocycles. The van der Waals surface area contributed by atoms with Gasteiger partial charge in [-0.25, -0.2) is 0 Å². The minimum Gasteiger partial charge on any atom is -0.367 e. The molecule has 4 heteroatoms. The van der Waals surface area contributed by atoms with E-state index >= 15 is 0 Å². The summed E-state index contributed by atoms with van der Waals surface area (Å²) < 4.78 is 5.40. The second kappa shape index (κ2) is 8.79. The molecule has 132 valence electrons. The van der Waals surface area contributed by atoms with Crippen LogP contribution in [0.4, 0.5) is 5.69 Å². The van der Waals surface area contributed by atoms with Crippen LogP contribution in [0.25, 0.3) is 0 Å². The molecule has 1 aliphatic rings. The van der Waals surface area contributed by atoms with E-state index in [0.717, 1.165) is 30.9 Å². The molecule has 2 aromatic rings. The van der Waals surface area contributed by atoms with Gasteiger partial charge in [0.25, 0.3) is 5.91 Å². The van der Waals surface area contributed by atoms with Gasteiger partial charge in [-0.2, -0.15) is 0 Å². The predicted octanol–water partition coefficient (Wildman–Crippen LogP) is 4.00. The van der Waals surface area contributed by atoms with Gasteiger partial charge < -0.3 is 10.1 Å². The van der Waals surface area contributed by atoms with Gasteiger partial charge in [-0.1, -0.05) is 48.9 Å². The highest BCUT2D eigenvalue weighted by atomic mass is 16.5. The number of benzene rings is 2. The van der Waals surface area contributed by atoms with Gasteiger partial charge in [0.1, 0.15) is 0 Å². The summed E-state index contributed by atoms with van der Waals surface area (Å²) in [6.45, 7) is 3.27. The van der Waals surface area contributed by atoms with Crippen molar-refractivity contribution >= 4 is 11.6 Å². The Balaban J connectivity index is 1.65. The first kappa shape index (κ1) is 17.6. The third kappa shape index (κ3) is 4.91. The molecule has 0 aromatic heterocycles. The zero-order chi connectivity index (χ0) is 17.5. The van der Waals surface area contributed by atoms with Crippen LogP contribution in [-0.2, 0) is 16.1 Å². The number of piperidine rings is 1. The number of rotatable bonds is 6. The lowest BCUT2D eigenvalue weighted by atomic mass is 10.1. The van der Waals surface area contributed by atoms with Crippen LogP contribution in [0, 0.1) is 0 Å². The van der Waals surface area contributed by atoms with Crippen LogP contribution < -0.4 is 5.32 Å². The Morgan fingerprint density at radius 1 is 1.08 bits per heavy atom. The molecule has 0 aliphatic carbocycles. The SMILES string of the molecule is COC(C(=O)Nc1cccc(CN2CCCCC2)c1)c1ccccc1. The summed E-state index contributed by atoms with van der Waals surface area (Å²) in [5.41, 5.74) is 2.90. The molecule has 3 rings (SSSR count). The Labute approximate surface area is 149 Å². The Morgan fingerprint density at radius 3 is 2.56 bits per heavy atom. The number of amides is 1. The van der Waals surface area contributed by atoms with Gasteiger partial charge in [-0.3, -0.25) is 9.69 Å². The summed E-state index contributed by atoms with van der Waals surface area (Å²) >= 11 is 0. The van der Waals surface area contributed by atoms with E-state index in [4.69, 9.17) is 4.74 Å². The number of hydrogen-bond acceptors (Lipinski definition) is 3. The van der Waals surface area contributed by atoms with Crippen LogP contribution in [0.2, 0.25) is 0 Å². The standard InChI is InChI=1S/C21H26N2O2/c1-25-20(18-10-4-2-5-11-18)21(24)22-19-12-8-9-17(15-19)16-23-13-6-3-7-14-23/h2,4-5,8-12,15,20H,3,6-7,13-14,16H2,1H3,(H,22,24). The number of hydrogen-bond donors (Lipinski definition) is 1. The number of methoxy groups -OCH3 is 1. The number of anilines is 1. The lowest BCUT2D eigenvalue weighted by Gasteiger charge is -2.26. The summed E-state index contributed by atoms with van der Waals surface area (Å²) in [6.07, 6.45) is 3.29. The molecule has 1 fully saturated rings. The first-order valence-corrected chi connectivity index (χ1v) is 8.96. The van der Waals surface area contributed by atoms with E-state index in [1.165, 1.54) is 24.8 Å². The zero-order valence-corrected chi connectivity index (χ0v) is 14.8. The molecule has 1 saturated heterocycles. The fourth-order valence-corrected chi connectivity index (χ4v) is 3.35. The summed E-state index contributed by atoms with van der Waals surface area (Å²) in [7, 11) is 1.56. The monoisotopic (exact) mass is 338 g/mol. The van der Waals surface area contributed by atoms with Crippen LogP contribution in [0.1, 0.15) is 36.5 Å². The van der Waals surface area contributed by atoms with Crippen molar-refractivity contribution in [3.8, 4) is 0 Å². The van der Waals surface area contributed by atoms with Gasteiger partial charge in [0, 0.05) is 19.3 Å². The Bertz CT molecular complexity index is 681. The highest BCUT2D eigenvalue weighted by Crippen LogP contribution is 2.20. The number of carbonyl (C=O) groups is 1. The molecule has 1 heterocycles. The molecule has 1 unspecified atom stereocenters. The molecule has 4 nitrogen and oxygen atoms in total. The first-order chi connectivity index (χ1) is 12.3. The topological polar surface area (TPSA) is 41.6 Å². The van der Waals surface area contributed by atoms with Gasteiger partial charge in [0.05, 0.1) is 0 Å². The highest BCUT2D eigenvalue weighted by molar-refractivity contribution is 5.94. The average molecular weight is 338 g/mol. The van der Waals surface area contributed by atoms with E-state index in [2.05, 4.69) is 22.3 Å². The van der Waals surface area contributed by atoms with Crippen molar-refractivity contribution in [1.82, 2.24) is 4.90 Å². The summed E-state index contributed by atoms with van der Waals surface area (Å²) in [4.78, 5) is 15.1. The van der Waals surface area contributed by atoms with Crippen LogP contribution in [-0.4, -0.2) is 31.0 Å². The maximum atomic E-state index is 12.6. The maximum Gasteiger partial charge on any atom is 0.258 e. The van der Waals surface area contributed by atoms with Crippen molar-refractivity contribution in [2.24, 2.45) is 0 Å². The van der Waals surface area contributed by atoms with Crippen molar-refractivity contribution in [3.05, 3.63) is 65.7 Å². The van der Waals surface area contributed by atoms with Gasteiger partial charge >= 0.3 is 0 Å². The normalized spacial score (nSPS) is 16.4. The van der Waals surface area contributed by atoms with Crippen LogP contribution in [0.3, 0.4) is 0 Å². The predicted molar refractivity (Wildman–Crippen MR) is 100 cm³/mol. The minimum atomic E-state index is -0.605. The van der Waals surface area contributed by atoms with Crippen molar-refractivity contribution in [1.29, 1.82) is 0 Å². The maximum absolute atomic E-state index is 12.6. The molecule has 1 aliphatic heterocycles. The molecular weight excluding hydrogens is 312 g/mol. The number of ether oxygens (including phenoxy) is 1. The smallest absolute Gasteiger partial charge is 0.258 e. The fraction of sp³-hybridized carbons (Fsp3) is 0.381. The van der Waals surface area contributed by atoms with Gasteiger partial charge in [0.2, 0.25) is 0 Å². The van der Waals surface area contributed by atoms with E-state index < -0.39 is 6.10 Å². The van der Waals surface area contributed by atoms with Crippen molar-refractivity contribution < 1.29 is 9.53 Å². The van der Waals surface area contributed by atoms with Crippen molar-refractivity contribution in [2.45, 2.75) is 31.9 Å². The minimum absolute atomic E-state index is 0.149. The van der Waals surface area contributed by atoms with Gasteiger partial charge in [0.15, 0.2) is 6.10 Å². The molecule has 1 amide bonds. The quantitative estimate of drug-likeness (QED) is 0.865. The molecular formula is C21H26N2O2. The number of nitrogens with zero attached hydrogens (tertiary/aromatic N) is 1. The highest BCUT2D eigenvalue weighted by Gasteiger charge is 2.20. The molecule has 1 atom stereocenters. The summed E-state index contributed by atoms with van der Waals surface area (Å²) in [5.74, 6) is -0.149. The molecule has 0 spiro atoms. The van der Waals surface area contributed by atoms with Gasteiger partial charge in [-0.15, -0.1) is 0 Å². The Kier molecular flexibility index (Phi) is 6.20. The largest absolute Gasteiger partial charge is 0.367 e. The molecule has 0 saturated carbocycles. The lowest BCUT2D eigenvalue weighted by molar-refractivity contribution is -0.126. The molecule has 0 bridgehead atoms. The molecule has 25 heavy (non-hydrogen) atoms. The third-order valence-electron chi connectivity index (χ3n) is 4.63. The second-order valence-electron chi connectivity index (χ2n) is 6.55. The molecule has 0 radical (unpaired) electrons. The van der Waals surface area contributed by atoms with E-state index in [0.29, 0.717) is 0 Å². The van der Waals surface area contributed by atoms with Crippen molar-refractivity contribution in [2.75, 3.05) is 25.5 Å². The number of carbonyl (C=O) groups excluding carboxylic acids is 1. The van der Waals surface area contributed by atoms with E-state index in [1.54, 1.807) is 7.11 Å². The van der Waals surface area contributed by atoms with E-state index in [-0.39, 0.29) is 5.91 Å². The zero-order valence-electron chi connectivity index (χ0n) is 14.8.